The zero-order valence-electron chi connectivity index (χ0n) is 8.16. The van der Waals surface area contributed by atoms with E-state index in [0.29, 0.717) is 5.92 Å². The van der Waals surface area contributed by atoms with Crippen LogP contribution in [0.2, 0.25) is 0 Å². The van der Waals surface area contributed by atoms with Crippen molar-refractivity contribution >= 4 is 16.7 Å². The first-order chi connectivity index (χ1) is 6.83. The van der Waals surface area contributed by atoms with Gasteiger partial charge in [0.1, 0.15) is 5.82 Å². The molecule has 1 N–H and O–H groups in total. The van der Waals surface area contributed by atoms with E-state index < -0.39 is 0 Å². The predicted octanol–water partition coefficient (Wildman–Crippen LogP) is 2.24. The summed E-state index contributed by atoms with van der Waals surface area (Å²) in [6, 6.07) is 0.0787. The van der Waals surface area contributed by atoms with Crippen molar-refractivity contribution < 1.29 is 0 Å². The molecule has 0 bridgehead atoms. The van der Waals surface area contributed by atoms with Crippen LogP contribution in [0.25, 0.3) is 0 Å². The summed E-state index contributed by atoms with van der Waals surface area (Å²) in [6.07, 6.45) is 8.74. The lowest BCUT2D eigenvalue weighted by Crippen LogP contribution is -2.15. The molecule has 14 heavy (non-hydrogen) atoms. The molecule has 0 spiro atoms. The Morgan fingerprint density at radius 1 is 1.71 bits per heavy atom. The van der Waals surface area contributed by atoms with Crippen LogP contribution in [0.4, 0.5) is 5.13 Å². The first-order valence-corrected chi connectivity index (χ1v) is 5.67. The van der Waals surface area contributed by atoms with Crippen LogP contribution in [0.15, 0.2) is 0 Å². The lowest BCUT2D eigenvalue weighted by molar-refractivity contribution is 0.852. The van der Waals surface area contributed by atoms with E-state index in [2.05, 4.69) is 27.5 Å². The van der Waals surface area contributed by atoms with Crippen molar-refractivity contribution in [3.05, 3.63) is 5.82 Å². The van der Waals surface area contributed by atoms with E-state index in [1.807, 2.05) is 0 Å². The minimum Gasteiger partial charge on any atom is -0.347 e. The van der Waals surface area contributed by atoms with Gasteiger partial charge in [0.25, 0.3) is 0 Å². The summed E-state index contributed by atoms with van der Waals surface area (Å²) in [6.45, 7) is 2.06. The lowest BCUT2D eigenvalue weighted by atomic mass is 10.2. The van der Waals surface area contributed by atoms with Crippen molar-refractivity contribution in [2.24, 2.45) is 0 Å². The second-order valence-electron chi connectivity index (χ2n) is 3.50. The zero-order chi connectivity index (χ0) is 9.97. The molecule has 0 aromatic carbocycles. The minimum atomic E-state index is 0.0787. The van der Waals surface area contributed by atoms with Crippen LogP contribution in [-0.4, -0.2) is 15.4 Å². The molecule has 1 aromatic heterocycles. The maximum Gasteiger partial charge on any atom is 0.203 e. The number of terminal acetylenes is 1. The lowest BCUT2D eigenvalue weighted by Gasteiger charge is -2.07. The SMILES string of the molecule is C#CC(CC)Nc1nc(C2CC2)ns1. The maximum atomic E-state index is 5.35. The molecule has 1 saturated carbocycles. The topological polar surface area (TPSA) is 37.8 Å². The molecular weight excluding hydrogens is 194 g/mol. The molecule has 4 heteroatoms. The Bertz CT molecular complexity index is 348. The summed E-state index contributed by atoms with van der Waals surface area (Å²) in [5.74, 6) is 4.29. The molecular formula is C10H13N3S. The zero-order valence-corrected chi connectivity index (χ0v) is 8.97. The van der Waals surface area contributed by atoms with E-state index in [0.717, 1.165) is 17.4 Å². The van der Waals surface area contributed by atoms with Gasteiger partial charge < -0.3 is 5.32 Å². The van der Waals surface area contributed by atoms with Gasteiger partial charge in [-0.2, -0.15) is 4.37 Å². The Kier molecular flexibility index (Phi) is 2.69. The fourth-order valence-corrected chi connectivity index (χ4v) is 1.91. The fraction of sp³-hybridized carbons (Fsp3) is 0.600. The molecule has 1 aliphatic carbocycles. The molecule has 0 saturated heterocycles. The van der Waals surface area contributed by atoms with Crippen LogP contribution in [0.5, 0.6) is 0 Å². The summed E-state index contributed by atoms with van der Waals surface area (Å²) in [4.78, 5) is 4.41. The van der Waals surface area contributed by atoms with E-state index in [-0.39, 0.29) is 6.04 Å². The van der Waals surface area contributed by atoms with Crippen molar-refractivity contribution in [3.8, 4) is 12.3 Å². The second kappa shape index (κ2) is 3.97. The highest BCUT2D eigenvalue weighted by Crippen LogP contribution is 2.39. The smallest absolute Gasteiger partial charge is 0.203 e. The van der Waals surface area contributed by atoms with Gasteiger partial charge in [-0.3, -0.25) is 0 Å². The molecule has 3 nitrogen and oxygen atoms in total. The number of hydrogen-bond donors (Lipinski definition) is 1. The fourth-order valence-electron chi connectivity index (χ4n) is 1.21. The summed E-state index contributed by atoms with van der Waals surface area (Å²) >= 11 is 1.41. The van der Waals surface area contributed by atoms with Gasteiger partial charge in [-0.25, -0.2) is 4.98 Å². The molecule has 1 unspecified atom stereocenters. The van der Waals surface area contributed by atoms with Gasteiger partial charge in [-0.1, -0.05) is 12.8 Å². The second-order valence-corrected chi connectivity index (χ2v) is 4.26. The number of nitrogens with one attached hydrogen (secondary N) is 1. The first-order valence-electron chi connectivity index (χ1n) is 4.89. The average molecular weight is 207 g/mol. The predicted molar refractivity (Wildman–Crippen MR) is 58.4 cm³/mol. The highest BCUT2D eigenvalue weighted by molar-refractivity contribution is 7.09. The van der Waals surface area contributed by atoms with E-state index in [1.54, 1.807) is 0 Å². The number of hydrogen-bond acceptors (Lipinski definition) is 4. The number of anilines is 1. The Balaban J connectivity index is 1.99. The van der Waals surface area contributed by atoms with Crippen molar-refractivity contribution in [1.29, 1.82) is 0 Å². The summed E-state index contributed by atoms with van der Waals surface area (Å²) in [7, 11) is 0. The third-order valence-electron chi connectivity index (χ3n) is 2.29. The van der Waals surface area contributed by atoms with E-state index in [4.69, 9.17) is 6.42 Å². The third kappa shape index (κ3) is 2.05. The van der Waals surface area contributed by atoms with Crippen molar-refractivity contribution in [1.82, 2.24) is 9.36 Å². The van der Waals surface area contributed by atoms with Crippen LogP contribution in [-0.2, 0) is 0 Å². The van der Waals surface area contributed by atoms with Crippen molar-refractivity contribution in [2.45, 2.75) is 38.1 Å². The monoisotopic (exact) mass is 207 g/mol. The molecule has 1 heterocycles. The molecule has 0 amide bonds. The third-order valence-corrected chi connectivity index (χ3v) is 2.95. The van der Waals surface area contributed by atoms with Crippen molar-refractivity contribution in [3.63, 3.8) is 0 Å². The number of aromatic nitrogens is 2. The highest BCUT2D eigenvalue weighted by Gasteiger charge is 2.27. The van der Waals surface area contributed by atoms with Gasteiger partial charge in [0.2, 0.25) is 5.13 Å². The summed E-state index contributed by atoms with van der Waals surface area (Å²) in [5.41, 5.74) is 0. The van der Waals surface area contributed by atoms with Gasteiger partial charge in [0.05, 0.1) is 6.04 Å². The van der Waals surface area contributed by atoms with Crippen LogP contribution in [0.3, 0.4) is 0 Å². The van der Waals surface area contributed by atoms with Crippen LogP contribution in [0.1, 0.15) is 37.9 Å². The van der Waals surface area contributed by atoms with E-state index in [1.165, 1.54) is 24.4 Å². The molecule has 1 atom stereocenters. The van der Waals surface area contributed by atoms with Crippen molar-refractivity contribution in [2.75, 3.05) is 5.32 Å². The molecule has 2 rings (SSSR count). The Morgan fingerprint density at radius 2 is 2.50 bits per heavy atom. The Hall–Kier alpha value is -1.08. The quantitative estimate of drug-likeness (QED) is 0.769. The molecule has 1 aliphatic rings. The average Bonchev–Trinajstić information content (AvgIpc) is 2.96. The van der Waals surface area contributed by atoms with Crippen LogP contribution >= 0.6 is 11.5 Å². The highest BCUT2D eigenvalue weighted by atomic mass is 32.1. The molecule has 74 valence electrons. The minimum absolute atomic E-state index is 0.0787. The molecule has 0 radical (unpaired) electrons. The van der Waals surface area contributed by atoms with Gasteiger partial charge >= 0.3 is 0 Å². The van der Waals surface area contributed by atoms with Crippen LogP contribution in [0, 0.1) is 12.3 Å². The van der Waals surface area contributed by atoms with Gasteiger partial charge in [-0.05, 0) is 19.3 Å². The van der Waals surface area contributed by atoms with Gasteiger partial charge in [0.15, 0.2) is 0 Å². The standard InChI is InChI=1S/C10H13N3S/c1-3-8(4-2)11-10-12-9(13-14-10)7-5-6-7/h1,7-8H,4-6H2,2H3,(H,11,12,13). The molecule has 0 aliphatic heterocycles. The van der Waals surface area contributed by atoms with E-state index >= 15 is 0 Å². The van der Waals surface area contributed by atoms with Crippen LogP contribution < -0.4 is 5.32 Å². The summed E-state index contributed by atoms with van der Waals surface area (Å²) in [5, 5.41) is 4.05. The maximum absolute atomic E-state index is 5.35. The Morgan fingerprint density at radius 3 is 3.07 bits per heavy atom. The molecule has 1 fully saturated rings. The van der Waals surface area contributed by atoms with Gasteiger partial charge in [-0.15, -0.1) is 6.42 Å². The van der Waals surface area contributed by atoms with E-state index in [9.17, 15) is 0 Å². The number of rotatable bonds is 4. The first kappa shape index (κ1) is 9.47. The Labute approximate surface area is 88.1 Å². The number of nitrogens with zero attached hydrogens (tertiary/aromatic N) is 2. The summed E-state index contributed by atoms with van der Waals surface area (Å²) < 4.78 is 4.30. The molecule has 1 aromatic rings. The van der Waals surface area contributed by atoms with Gasteiger partial charge in [0, 0.05) is 17.5 Å². The largest absolute Gasteiger partial charge is 0.347 e. The normalized spacial score (nSPS) is 17.4.